The van der Waals surface area contributed by atoms with E-state index < -0.39 is 11.7 Å². The highest BCUT2D eigenvalue weighted by Gasteiger charge is 2.33. The second kappa shape index (κ2) is 6.70. The average molecular weight is 342 g/mol. The Balaban J connectivity index is 2.88. The molecule has 0 aliphatic rings. The summed E-state index contributed by atoms with van der Waals surface area (Å²) < 4.78 is 39.0. The number of nitrogens with one attached hydrogen (secondary N) is 1. The summed E-state index contributed by atoms with van der Waals surface area (Å²) in [6, 6.07) is 4.16. The molecule has 102 valence electrons. The van der Waals surface area contributed by atoms with Crippen LogP contribution in [-0.2, 0) is 6.18 Å². The molecule has 0 aliphatic carbocycles. The van der Waals surface area contributed by atoms with Gasteiger partial charge in [-0.3, -0.25) is 0 Å². The smallest absolute Gasteiger partial charge is 0.381 e. The Hall–Kier alpha value is -0.360. The highest BCUT2D eigenvalue weighted by Crippen LogP contribution is 2.36. The van der Waals surface area contributed by atoms with Crippen LogP contribution in [0.4, 0.5) is 18.9 Å². The molecule has 0 saturated heterocycles. The third kappa shape index (κ3) is 4.72. The fourth-order valence-electron chi connectivity index (χ4n) is 1.48. The van der Waals surface area contributed by atoms with Gasteiger partial charge < -0.3 is 5.32 Å². The van der Waals surface area contributed by atoms with Gasteiger partial charge in [-0.1, -0.05) is 22.9 Å². The van der Waals surface area contributed by atoms with Crippen LogP contribution in [0.2, 0.25) is 0 Å². The Morgan fingerprint density at radius 3 is 2.61 bits per heavy atom. The van der Waals surface area contributed by atoms with Crippen LogP contribution in [0.5, 0.6) is 0 Å². The van der Waals surface area contributed by atoms with Gasteiger partial charge in [0.15, 0.2) is 0 Å². The third-order valence-electron chi connectivity index (χ3n) is 2.26. The van der Waals surface area contributed by atoms with Gasteiger partial charge in [0, 0.05) is 22.0 Å². The number of hydrogen-bond donors (Lipinski definition) is 1. The number of halogens is 4. The predicted molar refractivity (Wildman–Crippen MR) is 75.2 cm³/mol. The molecule has 0 fully saturated rings. The van der Waals surface area contributed by atoms with Crippen LogP contribution in [0.25, 0.3) is 0 Å². The van der Waals surface area contributed by atoms with E-state index >= 15 is 0 Å². The molecule has 6 heteroatoms. The lowest BCUT2D eigenvalue weighted by atomic mass is 10.1. The van der Waals surface area contributed by atoms with Crippen LogP contribution in [0, 0.1) is 0 Å². The summed E-state index contributed by atoms with van der Waals surface area (Å²) in [7, 11) is 0. The van der Waals surface area contributed by atoms with E-state index in [1.54, 1.807) is 17.8 Å². The lowest BCUT2D eigenvalue weighted by Crippen LogP contribution is -2.21. The molecule has 1 rings (SSSR count). The van der Waals surface area contributed by atoms with Crippen LogP contribution in [0.3, 0.4) is 0 Å². The molecule has 0 radical (unpaired) electrons. The van der Waals surface area contributed by atoms with Crippen molar-refractivity contribution in [3.05, 3.63) is 28.2 Å². The van der Waals surface area contributed by atoms with Crippen LogP contribution in [-0.4, -0.2) is 17.5 Å². The molecule has 18 heavy (non-hydrogen) atoms. The van der Waals surface area contributed by atoms with Crippen molar-refractivity contribution in [2.24, 2.45) is 0 Å². The second-order valence-corrected chi connectivity index (χ2v) is 6.13. The van der Waals surface area contributed by atoms with E-state index in [1.165, 1.54) is 6.07 Å². The summed E-state index contributed by atoms with van der Waals surface area (Å²) in [5.74, 6) is 1.74. The Kier molecular flexibility index (Phi) is 5.85. The van der Waals surface area contributed by atoms with E-state index in [2.05, 4.69) is 21.2 Å². The number of anilines is 1. The lowest BCUT2D eigenvalue weighted by molar-refractivity contribution is -0.137. The Morgan fingerprint density at radius 1 is 1.39 bits per heavy atom. The number of alkyl halides is 3. The maximum Gasteiger partial charge on any atom is 0.418 e. The molecule has 1 aromatic rings. The molecule has 0 heterocycles. The zero-order valence-electron chi connectivity index (χ0n) is 10.1. The molecule has 0 spiro atoms. The first-order valence-corrected chi connectivity index (χ1v) is 7.50. The van der Waals surface area contributed by atoms with Crippen molar-refractivity contribution in [3.63, 3.8) is 0 Å². The van der Waals surface area contributed by atoms with Crippen molar-refractivity contribution >= 4 is 33.4 Å². The predicted octanol–water partition coefficient (Wildman–Crippen LogP) is 5.02. The number of rotatable bonds is 5. The fourth-order valence-corrected chi connectivity index (χ4v) is 2.51. The van der Waals surface area contributed by atoms with Gasteiger partial charge in [0.05, 0.1) is 5.56 Å². The van der Waals surface area contributed by atoms with Crippen molar-refractivity contribution in [2.75, 3.05) is 16.8 Å². The molecule has 0 amide bonds. The van der Waals surface area contributed by atoms with E-state index in [1.807, 2.05) is 13.8 Å². The molecule has 0 aromatic heterocycles. The first-order chi connectivity index (χ1) is 8.34. The summed E-state index contributed by atoms with van der Waals surface area (Å²) >= 11 is 4.76. The van der Waals surface area contributed by atoms with E-state index in [9.17, 15) is 13.2 Å². The Morgan fingerprint density at radius 2 is 2.06 bits per heavy atom. The van der Waals surface area contributed by atoms with Crippen LogP contribution in [0.1, 0.15) is 19.4 Å². The van der Waals surface area contributed by atoms with Gasteiger partial charge in [0.2, 0.25) is 0 Å². The van der Waals surface area contributed by atoms with Crippen molar-refractivity contribution in [3.8, 4) is 0 Å². The zero-order chi connectivity index (χ0) is 13.8. The third-order valence-corrected chi connectivity index (χ3v) is 3.90. The van der Waals surface area contributed by atoms with Gasteiger partial charge in [-0.05, 0) is 30.9 Å². The molecule has 1 aromatic carbocycles. The molecule has 1 unspecified atom stereocenters. The van der Waals surface area contributed by atoms with Crippen molar-refractivity contribution in [1.82, 2.24) is 0 Å². The summed E-state index contributed by atoms with van der Waals surface area (Å²) in [6.07, 6.45) is -4.34. The van der Waals surface area contributed by atoms with Crippen LogP contribution >= 0.6 is 27.7 Å². The summed E-state index contributed by atoms with van der Waals surface area (Å²) in [4.78, 5) is 0. The largest absolute Gasteiger partial charge is 0.418 e. The normalized spacial score (nSPS) is 13.4. The Labute approximate surface area is 118 Å². The number of hydrogen-bond acceptors (Lipinski definition) is 2. The van der Waals surface area contributed by atoms with Crippen molar-refractivity contribution < 1.29 is 13.2 Å². The summed E-state index contributed by atoms with van der Waals surface area (Å²) in [6.45, 7) is 3.91. The van der Waals surface area contributed by atoms with Crippen molar-refractivity contribution in [1.29, 1.82) is 0 Å². The van der Waals surface area contributed by atoms with Gasteiger partial charge in [-0.2, -0.15) is 24.9 Å². The highest BCUT2D eigenvalue weighted by atomic mass is 79.9. The standard InChI is InChI=1S/C12H15BrF3NS/c1-3-18-7-8(2)17-11-5-4-9(13)6-10(11)12(14,15)16/h4-6,8,17H,3,7H2,1-2H3. The monoisotopic (exact) mass is 341 g/mol. The first-order valence-electron chi connectivity index (χ1n) is 5.55. The van der Waals surface area contributed by atoms with Gasteiger partial charge in [-0.25, -0.2) is 0 Å². The molecule has 1 nitrogen and oxygen atoms in total. The molecular weight excluding hydrogens is 327 g/mol. The van der Waals surface area contributed by atoms with Gasteiger partial charge in [0.25, 0.3) is 0 Å². The van der Waals surface area contributed by atoms with Crippen LogP contribution < -0.4 is 5.32 Å². The van der Waals surface area contributed by atoms with Crippen LogP contribution in [0.15, 0.2) is 22.7 Å². The fraction of sp³-hybridized carbons (Fsp3) is 0.500. The minimum Gasteiger partial charge on any atom is -0.381 e. The minimum atomic E-state index is -4.34. The van der Waals surface area contributed by atoms with E-state index in [0.717, 1.165) is 17.6 Å². The molecule has 1 atom stereocenters. The topological polar surface area (TPSA) is 12.0 Å². The summed E-state index contributed by atoms with van der Waals surface area (Å²) in [5, 5.41) is 2.92. The number of thioether (sulfide) groups is 1. The minimum absolute atomic E-state index is 0.00257. The highest BCUT2D eigenvalue weighted by molar-refractivity contribution is 9.10. The first kappa shape index (κ1) is 15.7. The molecule has 1 N–H and O–H groups in total. The quantitative estimate of drug-likeness (QED) is 0.806. The maximum absolute atomic E-state index is 12.9. The van der Waals surface area contributed by atoms with E-state index in [-0.39, 0.29) is 11.7 Å². The van der Waals surface area contributed by atoms with E-state index in [0.29, 0.717) is 4.47 Å². The summed E-state index contributed by atoms with van der Waals surface area (Å²) in [5.41, 5.74) is -0.500. The number of benzene rings is 1. The van der Waals surface area contributed by atoms with E-state index in [4.69, 9.17) is 0 Å². The van der Waals surface area contributed by atoms with Crippen molar-refractivity contribution in [2.45, 2.75) is 26.1 Å². The SMILES string of the molecule is CCSCC(C)Nc1ccc(Br)cc1C(F)(F)F. The average Bonchev–Trinajstić information content (AvgIpc) is 2.27. The van der Waals surface area contributed by atoms with Gasteiger partial charge in [-0.15, -0.1) is 0 Å². The molecule has 0 saturated carbocycles. The lowest BCUT2D eigenvalue weighted by Gasteiger charge is -2.19. The van der Waals surface area contributed by atoms with Gasteiger partial charge >= 0.3 is 6.18 Å². The molecule has 0 bridgehead atoms. The molecular formula is C12H15BrF3NS. The maximum atomic E-state index is 12.9. The van der Waals surface area contributed by atoms with Gasteiger partial charge in [0.1, 0.15) is 0 Å². The zero-order valence-corrected chi connectivity index (χ0v) is 12.5. The molecule has 0 aliphatic heterocycles. The second-order valence-electron chi connectivity index (χ2n) is 3.89. The Bertz CT molecular complexity index is 395.